The molecule has 0 bridgehead atoms. The van der Waals surface area contributed by atoms with Crippen molar-refractivity contribution >= 4 is 0 Å². The van der Waals surface area contributed by atoms with E-state index < -0.39 is 0 Å². The second kappa shape index (κ2) is 6.36. The smallest absolute Gasteiger partial charge is 0.0703 e. The predicted molar refractivity (Wildman–Crippen MR) is 75.6 cm³/mol. The summed E-state index contributed by atoms with van der Waals surface area (Å²) in [7, 11) is 0. The fraction of sp³-hybridized carbons (Fsp3) is 1.00. The van der Waals surface area contributed by atoms with Crippen LogP contribution in [0.2, 0.25) is 0 Å². The second-order valence-electron chi connectivity index (χ2n) is 6.13. The van der Waals surface area contributed by atoms with E-state index in [1.807, 2.05) is 0 Å². The van der Waals surface area contributed by atoms with Crippen LogP contribution in [0.25, 0.3) is 0 Å². The van der Waals surface area contributed by atoms with E-state index in [1.54, 1.807) is 0 Å². The van der Waals surface area contributed by atoms with Crippen molar-refractivity contribution in [1.29, 1.82) is 0 Å². The van der Waals surface area contributed by atoms with Crippen LogP contribution in [-0.4, -0.2) is 42.8 Å². The topological polar surface area (TPSA) is 38.5 Å². The minimum absolute atomic E-state index is 0.235. The summed E-state index contributed by atoms with van der Waals surface area (Å²) in [5.41, 5.74) is 6.43. The van der Waals surface area contributed by atoms with Crippen molar-refractivity contribution in [3.63, 3.8) is 0 Å². The first-order valence-electron chi connectivity index (χ1n) is 7.79. The molecule has 2 aliphatic rings. The first-order chi connectivity index (χ1) is 8.73. The summed E-state index contributed by atoms with van der Waals surface area (Å²) in [4.78, 5) is 2.63. The maximum atomic E-state index is 6.20. The highest BCUT2D eigenvalue weighted by Gasteiger charge is 2.42. The van der Waals surface area contributed by atoms with E-state index >= 15 is 0 Å². The molecule has 2 fully saturated rings. The van der Waals surface area contributed by atoms with E-state index in [9.17, 15) is 0 Å². The zero-order chi connectivity index (χ0) is 13.0. The largest absolute Gasteiger partial charge is 0.377 e. The molecule has 18 heavy (non-hydrogen) atoms. The van der Waals surface area contributed by atoms with Crippen molar-refractivity contribution in [3.05, 3.63) is 0 Å². The van der Waals surface area contributed by atoms with E-state index in [2.05, 4.69) is 18.7 Å². The highest BCUT2D eigenvalue weighted by Crippen LogP contribution is 2.38. The molecule has 2 rings (SSSR count). The fourth-order valence-corrected chi connectivity index (χ4v) is 3.96. The monoisotopic (exact) mass is 254 g/mol. The molecule has 1 saturated heterocycles. The molecular formula is C15H30N2O. The second-order valence-corrected chi connectivity index (χ2v) is 6.13. The molecule has 3 unspecified atom stereocenters. The van der Waals surface area contributed by atoms with Gasteiger partial charge in [-0.25, -0.2) is 0 Å². The Morgan fingerprint density at radius 2 is 2.11 bits per heavy atom. The minimum atomic E-state index is 0.235. The molecule has 3 heteroatoms. The molecule has 0 aromatic carbocycles. The van der Waals surface area contributed by atoms with Crippen LogP contribution in [0.3, 0.4) is 0 Å². The van der Waals surface area contributed by atoms with Crippen LogP contribution in [0.4, 0.5) is 0 Å². The van der Waals surface area contributed by atoms with Gasteiger partial charge in [-0.2, -0.15) is 0 Å². The van der Waals surface area contributed by atoms with Gasteiger partial charge >= 0.3 is 0 Å². The third-order valence-electron chi connectivity index (χ3n) is 5.23. The summed E-state index contributed by atoms with van der Waals surface area (Å²) in [6.07, 6.45) is 8.22. The van der Waals surface area contributed by atoms with Gasteiger partial charge in [-0.05, 0) is 38.1 Å². The summed E-state index contributed by atoms with van der Waals surface area (Å²) in [6.45, 7) is 8.60. The maximum absolute atomic E-state index is 6.20. The molecule has 0 radical (unpaired) electrons. The highest BCUT2D eigenvalue weighted by atomic mass is 16.5. The number of rotatable bonds is 5. The number of hydrogen-bond donors (Lipinski definition) is 1. The molecule has 3 atom stereocenters. The van der Waals surface area contributed by atoms with Gasteiger partial charge in [0.25, 0.3) is 0 Å². The van der Waals surface area contributed by atoms with Crippen LogP contribution in [0.15, 0.2) is 0 Å². The highest BCUT2D eigenvalue weighted by molar-refractivity contribution is 4.98. The van der Waals surface area contributed by atoms with E-state index in [0.29, 0.717) is 6.10 Å². The summed E-state index contributed by atoms with van der Waals surface area (Å²) in [5.74, 6) is 0.720. The molecule has 3 nitrogen and oxygen atoms in total. The van der Waals surface area contributed by atoms with Crippen molar-refractivity contribution in [2.45, 2.75) is 64.0 Å². The third-order valence-corrected chi connectivity index (χ3v) is 5.23. The summed E-state index contributed by atoms with van der Waals surface area (Å²) < 4.78 is 5.82. The zero-order valence-electron chi connectivity index (χ0n) is 12.2. The van der Waals surface area contributed by atoms with E-state index in [4.69, 9.17) is 10.5 Å². The number of hydrogen-bond acceptors (Lipinski definition) is 3. The van der Waals surface area contributed by atoms with Gasteiger partial charge in [0.15, 0.2) is 0 Å². The zero-order valence-corrected chi connectivity index (χ0v) is 12.2. The quantitative estimate of drug-likeness (QED) is 0.819. The lowest BCUT2D eigenvalue weighted by molar-refractivity contribution is -0.0199. The number of ether oxygens (including phenoxy) is 1. The number of nitrogens with zero attached hydrogens (tertiary/aromatic N) is 1. The van der Waals surface area contributed by atoms with Crippen LogP contribution in [0.5, 0.6) is 0 Å². The fourth-order valence-electron chi connectivity index (χ4n) is 3.96. The molecule has 1 saturated carbocycles. The van der Waals surface area contributed by atoms with Crippen LogP contribution in [-0.2, 0) is 4.74 Å². The van der Waals surface area contributed by atoms with Crippen LogP contribution in [0.1, 0.15) is 52.4 Å². The van der Waals surface area contributed by atoms with Crippen LogP contribution in [0, 0.1) is 5.92 Å². The number of nitrogens with two attached hydrogens (primary N) is 1. The summed E-state index contributed by atoms with van der Waals surface area (Å²) in [5, 5.41) is 0. The van der Waals surface area contributed by atoms with E-state index in [1.165, 1.54) is 38.5 Å². The lowest BCUT2D eigenvalue weighted by Gasteiger charge is -2.50. The Kier molecular flexibility index (Phi) is 5.05. The van der Waals surface area contributed by atoms with Gasteiger partial charge in [0.2, 0.25) is 0 Å². The Morgan fingerprint density at radius 3 is 2.67 bits per heavy atom. The average Bonchev–Trinajstić information content (AvgIpc) is 2.90. The Balaban J connectivity index is 2.06. The Morgan fingerprint density at radius 1 is 1.28 bits per heavy atom. The predicted octanol–water partition coefficient (Wildman–Crippen LogP) is 2.39. The van der Waals surface area contributed by atoms with E-state index in [-0.39, 0.29) is 5.54 Å². The minimum Gasteiger partial charge on any atom is -0.377 e. The summed E-state index contributed by atoms with van der Waals surface area (Å²) in [6, 6.07) is 0. The standard InChI is InChI=1S/C15H30N2O/c1-3-17(11-14-8-6-10-18-14)15(12-16)9-5-4-7-13(15)2/h13-14H,3-12,16H2,1-2H3. The summed E-state index contributed by atoms with van der Waals surface area (Å²) >= 11 is 0. The molecule has 1 aliphatic heterocycles. The first-order valence-corrected chi connectivity index (χ1v) is 7.79. The van der Waals surface area contributed by atoms with Crippen molar-refractivity contribution in [3.8, 4) is 0 Å². The molecule has 2 N–H and O–H groups in total. The van der Waals surface area contributed by atoms with Gasteiger partial charge in [0.1, 0.15) is 0 Å². The maximum Gasteiger partial charge on any atom is 0.0703 e. The van der Waals surface area contributed by atoms with Crippen molar-refractivity contribution < 1.29 is 4.74 Å². The van der Waals surface area contributed by atoms with Gasteiger partial charge in [0.05, 0.1) is 6.10 Å². The van der Waals surface area contributed by atoms with Gasteiger partial charge in [-0.1, -0.05) is 26.7 Å². The molecule has 0 aromatic heterocycles. The molecule has 0 amide bonds. The van der Waals surface area contributed by atoms with Crippen LogP contribution >= 0.6 is 0 Å². The van der Waals surface area contributed by atoms with E-state index in [0.717, 1.165) is 32.2 Å². The van der Waals surface area contributed by atoms with Gasteiger partial charge in [-0.3, -0.25) is 4.90 Å². The molecule has 0 spiro atoms. The molecule has 0 aromatic rings. The third kappa shape index (κ3) is 2.73. The van der Waals surface area contributed by atoms with Gasteiger partial charge in [-0.15, -0.1) is 0 Å². The van der Waals surface area contributed by atoms with Crippen LogP contribution < -0.4 is 5.73 Å². The Bertz CT molecular complexity index is 253. The first kappa shape index (κ1) is 14.3. The van der Waals surface area contributed by atoms with Crippen molar-refractivity contribution in [1.82, 2.24) is 4.90 Å². The molecule has 1 aliphatic carbocycles. The van der Waals surface area contributed by atoms with Gasteiger partial charge in [0, 0.05) is 25.2 Å². The lowest BCUT2D eigenvalue weighted by Crippen LogP contribution is -2.60. The van der Waals surface area contributed by atoms with Gasteiger partial charge < -0.3 is 10.5 Å². The molecule has 1 heterocycles. The Hall–Kier alpha value is -0.120. The van der Waals surface area contributed by atoms with Crippen molar-refractivity contribution in [2.75, 3.05) is 26.2 Å². The normalized spacial score (nSPS) is 37.3. The SMILES string of the molecule is CCN(CC1CCCO1)C1(CN)CCCCC1C. The van der Waals surface area contributed by atoms with Crippen molar-refractivity contribution in [2.24, 2.45) is 11.7 Å². The lowest BCUT2D eigenvalue weighted by atomic mass is 9.72. The Labute approximate surface area is 112 Å². The molecular weight excluding hydrogens is 224 g/mol. The molecule has 106 valence electrons. The average molecular weight is 254 g/mol. The number of likely N-dealkylation sites (N-methyl/N-ethyl adjacent to an activating group) is 1.